The van der Waals surface area contributed by atoms with Gasteiger partial charge in [-0.2, -0.15) is 5.10 Å². The normalized spacial score (nSPS) is 17.7. The first kappa shape index (κ1) is 21.2. The molecule has 1 aliphatic carbocycles. The molecular formula is C19H22N6O4S2. The molecule has 2 aromatic rings. The fourth-order valence-electron chi connectivity index (χ4n) is 3.21. The zero-order valence-electron chi connectivity index (χ0n) is 16.6. The number of hydrogen-bond acceptors (Lipinski definition) is 9. The summed E-state index contributed by atoms with van der Waals surface area (Å²) in [4.78, 5) is 17.8. The van der Waals surface area contributed by atoms with Crippen molar-refractivity contribution in [1.82, 2.24) is 9.99 Å². The number of nitrogens with two attached hydrogens (primary N) is 1. The van der Waals surface area contributed by atoms with Crippen LogP contribution in [0.4, 0.5) is 5.13 Å². The van der Waals surface area contributed by atoms with Crippen LogP contribution in [0.5, 0.6) is 0 Å². The van der Waals surface area contributed by atoms with E-state index in [1.165, 1.54) is 18.3 Å². The lowest BCUT2D eigenvalue weighted by atomic mass is 10.1. The van der Waals surface area contributed by atoms with Gasteiger partial charge in [-0.05, 0) is 37.8 Å². The number of benzene rings is 1. The Labute approximate surface area is 183 Å². The Morgan fingerprint density at radius 1 is 1.23 bits per heavy atom. The second kappa shape index (κ2) is 8.63. The molecular weight excluding hydrogens is 440 g/mol. The number of nitrogens with one attached hydrogen (secondary N) is 1. The van der Waals surface area contributed by atoms with E-state index in [2.05, 4.69) is 20.6 Å². The quantitative estimate of drug-likeness (QED) is 0.245. The van der Waals surface area contributed by atoms with Crippen molar-refractivity contribution in [3.63, 3.8) is 0 Å². The van der Waals surface area contributed by atoms with Crippen LogP contribution in [0, 0.1) is 0 Å². The zero-order chi connectivity index (χ0) is 22.0. The maximum absolute atomic E-state index is 13.0. The van der Waals surface area contributed by atoms with E-state index in [-0.39, 0.29) is 26.8 Å². The lowest BCUT2D eigenvalue weighted by molar-refractivity contribution is -0.110. The lowest BCUT2D eigenvalue weighted by Crippen LogP contribution is -2.27. The number of aromatic nitrogens is 1. The molecule has 1 saturated heterocycles. The van der Waals surface area contributed by atoms with Crippen molar-refractivity contribution in [2.75, 3.05) is 18.4 Å². The van der Waals surface area contributed by atoms with Crippen LogP contribution in [0.15, 0.2) is 45.6 Å². The number of hydrogen-bond donors (Lipinski definition) is 3. The highest BCUT2D eigenvalue weighted by atomic mass is 32.2. The number of thiazole rings is 1. The Balaban J connectivity index is 1.60. The molecule has 4 rings (SSSR count). The highest BCUT2D eigenvalue weighted by molar-refractivity contribution is 7.92. The number of oxime groups is 1. The van der Waals surface area contributed by atoms with E-state index in [0.717, 1.165) is 37.3 Å². The summed E-state index contributed by atoms with van der Waals surface area (Å²) in [5, 5.41) is 20.7. The lowest BCUT2D eigenvalue weighted by Gasteiger charge is -2.14. The van der Waals surface area contributed by atoms with Gasteiger partial charge >= 0.3 is 0 Å². The molecule has 12 heteroatoms. The van der Waals surface area contributed by atoms with E-state index < -0.39 is 15.7 Å². The number of nitrogens with zero attached hydrogens (tertiary/aromatic N) is 4. The van der Waals surface area contributed by atoms with E-state index in [1.54, 1.807) is 12.1 Å². The van der Waals surface area contributed by atoms with Crippen molar-refractivity contribution >= 4 is 43.8 Å². The van der Waals surface area contributed by atoms with Crippen LogP contribution in [-0.2, 0) is 14.6 Å². The first-order chi connectivity index (χ1) is 14.9. The molecule has 0 bridgehead atoms. The second-order valence-corrected chi connectivity index (χ2v) is 10.6. The van der Waals surface area contributed by atoms with Gasteiger partial charge in [0, 0.05) is 18.7 Å². The monoisotopic (exact) mass is 462 g/mol. The Morgan fingerprint density at radius 2 is 1.90 bits per heavy atom. The fraction of sp³-hybridized carbons (Fsp3) is 0.368. The highest BCUT2D eigenvalue weighted by Gasteiger charge is 2.36. The minimum absolute atomic E-state index is 0.101. The smallest absolute Gasteiger partial charge is 0.278 e. The third-order valence-electron chi connectivity index (χ3n) is 5.04. The summed E-state index contributed by atoms with van der Waals surface area (Å²) in [5.74, 6) is -0.582. The Morgan fingerprint density at radius 3 is 2.52 bits per heavy atom. The van der Waals surface area contributed by atoms with E-state index in [1.807, 2.05) is 5.01 Å². The number of carbonyl (C=O) groups excluding carboxylic acids is 1. The first-order valence-electron chi connectivity index (χ1n) is 9.81. The van der Waals surface area contributed by atoms with Crippen molar-refractivity contribution in [3.8, 4) is 0 Å². The molecule has 0 unspecified atom stereocenters. The third-order valence-corrected chi connectivity index (χ3v) is 8.26. The van der Waals surface area contributed by atoms with Crippen LogP contribution in [0.2, 0.25) is 0 Å². The van der Waals surface area contributed by atoms with Gasteiger partial charge in [0.1, 0.15) is 0 Å². The molecule has 2 fully saturated rings. The average Bonchev–Trinajstić information content (AvgIpc) is 3.33. The molecule has 2 heterocycles. The SMILES string of the molecule is NC(=NO)c1cnc(NC(=O)C(=NN2CCCC2)c2ccc(S(=O)(=O)C3CC3)cc2)s1. The molecule has 1 saturated carbocycles. The van der Waals surface area contributed by atoms with Crippen molar-refractivity contribution in [3.05, 3.63) is 40.9 Å². The molecule has 0 radical (unpaired) electrons. The number of amidine groups is 1. The Hall–Kier alpha value is -2.99. The van der Waals surface area contributed by atoms with Crippen molar-refractivity contribution < 1.29 is 18.4 Å². The number of sulfone groups is 1. The number of carbonyl (C=O) groups is 1. The molecule has 1 aromatic heterocycles. The van der Waals surface area contributed by atoms with E-state index in [9.17, 15) is 13.2 Å². The van der Waals surface area contributed by atoms with Gasteiger partial charge in [-0.15, -0.1) is 0 Å². The summed E-state index contributed by atoms with van der Waals surface area (Å²) in [6, 6.07) is 6.26. The van der Waals surface area contributed by atoms with Gasteiger partial charge in [0.25, 0.3) is 5.91 Å². The molecule has 10 nitrogen and oxygen atoms in total. The molecule has 1 aromatic carbocycles. The number of hydrazone groups is 1. The van der Waals surface area contributed by atoms with Crippen LogP contribution in [0.3, 0.4) is 0 Å². The molecule has 4 N–H and O–H groups in total. The summed E-state index contributed by atoms with van der Waals surface area (Å²) >= 11 is 1.06. The van der Waals surface area contributed by atoms with Crippen molar-refractivity contribution in [2.24, 2.45) is 16.0 Å². The summed E-state index contributed by atoms with van der Waals surface area (Å²) < 4.78 is 24.9. The summed E-state index contributed by atoms with van der Waals surface area (Å²) in [7, 11) is -3.31. The maximum Gasteiger partial charge on any atom is 0.278 e. The van der Waals surface area contributed by atoms with E-state index in [0.29, 0.717) is 23.3 Å². The summed E-state index contributed by atoms with van der Waals surface area (Å²) in [6.45, 7) is 1.49. The van der Waals surface area contributed by atoms with E-state index >= 15 is 0 Å². The second-order valence-electron chi connectivity index (χ2n) is 7.35. The topological polar surface area (TPSA) is 150 Å². The van der Waals surface area contributed by atoms with Gasteiger partial charge in [0.05, 0.1) is 21.2 Å². The first-order valence-corrected chi connectivity index (χ1v) is 12.2. The summed E-state index contributed by atoms with van der Waals surface area (Å²) in [5.41, 5.74) is 6.22. The van der Waals surface area contributed by atoms with Gasteiger partial charge in [0.15, 0.2) is 26.5 Å². The van der Waals surface area contributed by atoms with Crippen LogP contribution in [-0.4, -0.2) is 59.4 Å². The van der Waals surface area contributed by atoms with Crippen molar-refractivity contribution in [1.29, 1.82) is 0 Å². The summed E-state index contributed by atoms with van der Waals surface area (Å²) in [6.07, 6.45) is 4.76. The molecule has 1 aliphatic heterocycles. The van der Waals surface area contributed by atoms with Gasteiger partial charge in [-0.3, -0.25) is 15.1 Å². The van der Waals surface area contributed by atoms with Gasteiger partial charge < -0.3 is 10.9 Å². The van der Waals surface area contributed by atoms with Gasteiger partial charge in [-0.1, -0.05) is 28.6 Å². The fourth-order valence-corrected chi connectivity index (χ4v) is 5.57. The zero-order valence-corrected chi connectivity index (χ0v) is 18.2. The minimum Gasteiger partial charge on any atom is -0.409 e. The molecule has 164 valence electrons. The minimum atomic E-state index is -3.31. The average molecular weight is 463 g/mol. The molecule has 0 atom stereocenters. The molecule has 2 aliphatic rings. The maximum atomic E-state index is 13.0. The predicted octanol–water partition coefficient (Wildman–Crippen LogP) is 1.61. The number of anilines is 1. The number of amides is 1. The van der Waals surface area contributed by atoms with Gasteiger partial charge in [-0.25, -0.2) is 13.4 Å². The van der Waals surface area contributed by atoms with Crippen LogP contribution in [0.25, 0.3) is 0 Å². The largest absolute Gasteiger partial charge is 0.409 e. The van der Waals surface area contributed by atoms with Crippen LogP contribution in [0.1, 0.15) is 36.1 Å². The Bertz CT molecular complexity index is 1130. The van der Waals surface area contributed by atoms with Crippen molar-refractivity contribution in [2.45, 2.75) is 35.8 Å². The van der Waals surface area contributed by atoms with Gasteiger partial charge in [0.2, 0.25) is 0 Å². The third kappa shape index (κ3) is 4.69. The molecule has 31 heavy (non-hydrogen) atoms. The highest BCUT2D eigenvalue weighted by Crippen LogP contribution is 2.33. The predicted molar refractivity (Wildman–Crippen MR) is 117 cm³/mol. The van der Waals surface area contributed by atoms with E-state index in [4.69, 9.17) is 10.9 Å². The van der Waals surface area contributed by atoms with Crippen LogP contribution >= 0.6 is 11.3 Å². The van der Waals surface area contributed by atoms with Crippen LogP contribution < -0.4 is 11.1 Å². The standard InChI is InChI=1S/C19H22N6O4S2/c20-17(24-27)15-11-21-19(30-15)22-18(26)16(23-25-9-1-2-10-25)12-3-5-13(6-4-12)31(28,29)14-7-8-14/h3-6,11,14,27H,1-2,7-10H2,(H2,20,24)(H,21,22,26). The molecule has 1 amide bonds. The Kier molecular flexibility index (Phi) is 5.92. The molecule has 0 spiro atoms. The number of rotatable bonds is 7.